The number of nitrogens with one attached hydrogen (secondary N) is 1. The molecule has 0 saturated heterocycles. The van der Waals surface area contributed by atoms with Crippen LogP contribution in [0.5, 0.6) is 0 Å². The molecule has 0 saturated carbocycles. The summed E-state index contributed by atoms with van der Waals surface area (Å²) < 4.78 is 5.63. The predicted molar refractivity (Wildman–Crippen MR) is 74.6 cm³/mol. The maximum absolute atomic E-state index is 5.63. The van der Waals surface area contributed by atoms with Gasteiger partial charge in [0.2, 0.25) is 0 Å². The Balaban J connectivity index is 2.01. The van der Waals surface area contributed by atoms with Crippen LogP contribution in [0, 0.1) is 20.8 Å². The van der Waals surface area contributed by atoms with Crippen LogP contribution >= 0.6 is 0 Å². The van der Waals surface area contributed by atoms with Gasteiger partial charge < -0.3 is 9.73 Å². The Morgan fingerprint density at radius 2 is 1.89 bits per heavy atom. The van der Waals surface area contributed by atoms with Crippen molar-refractivity contribution in [2.45, 2.75) is 40.3 Å². The van der Waals surface area contributed by atoms with Crippen molar-refractivity contribution in [2.24, 2.45) is 0 Å². The van der Waals surface area contributed by atoms with Crippen LogP contribution in [0.1, 0.15) is 41.2 Å². The SMILES string of the molecule is Cc1ccc(C)c(CNC(C)c2ccc(C)o2)c1. The smallest absolute Gasteiger partial charge is 0.120 e. The normalized spacial score (nSPS) is 12.7. The molecule has 1 aromatic heterocycles. The molecule has 0 spiro atoms. The fourth-order valence-electron chi connectivity index (χ4n) is 2.04. The van der Waals surface area contributed by atoms with E-state index in [0.29, 0.717) is 0 Å². The van der Waals surface area contributed by atoms with E-state index in [4.69, 9.17) is 4.42 Å². The van der Waals surface area contributed by atoms with Crippen LogP contribution in [0.15, 0.2) is 34.7 Å². The molecule has 2 aromatic rings. The maximum Gasteiger partial charge on any atom is 0.120 e. The molecule has 96 valence electrons. The number of benzene rings is 1. The molecule has 0 aliphatic carbocycles. The molecule has 0 aliphatic heterocycles. The van der Waals surface area contributed by atoms with Gasteiger partial charge in [0.25, 0.3) is 0 Å². The van der Waals surface area contributed by atoms with Gasteiger partial charge in [-0.05, 0) is 51.0 Å². The summed E-state index contributed by atoms with van der Waals surface area (Å²) in [7, 11) is 0. The average molecular weight is 243 g/mol. The second kappa shape index (κ2) is 5.40. The standard InChI is InChI=1S/C16H21NO/c1-11-5-6-12(2)15(9-11)10-17-14(4)16-8-7-13(3)18-16/h5-9,14,17H,10H2,1-4H3. The van der Waals surface area contributed by atoms with Gasteiger partial charge in [-0.1, -0.05) is 23.8 Å². The minimum absolute atomic E-state index is 0.235. The van der Waals surface area contributed by atoms with E-state index in [1.165, 1.54) is 16.7 Å². The molecule has 2 rings (SSSR count). The molecule has 1 aromatic carbocycles. The lowest BCUT2D eigenvalue weighted by atomic mass is 10.1. The quantitative estimate of drug-likeness (QED) is 0.876. The second-order valence-corrected chi connectivity index (χ2v) is 4.98. The lowest BCUT2D eigenvalue weighted by Gasteiger charge is -2.13. The summed E-state index contributed by atoms with van der Waals surface area (Å²) in [6, 6.07) is 10.8. The first-order chi connectivity index (χ1) is 8.56. The van der Waals surface area contributed by atoms with E-state index in [0.717, 1.165) is 18.1 Å². The Kier molecular flexibility index (Phi) is 3.87. The minimum atomic E-state index is 0.235. The highest BCUT2D eigenvalue weighted by molar-refractivity contribution is 5.30. The van der Waals surface area contributed by atoms with Crippen molar-refractivity contribution in [3.05, 3.63) is 58.5 Å². The van der Waals surface area contributed by atoms with Gasteiger partial charge in [-0.15, -0.1) is 0 Å². The summed E-state index contributed by atoms with van der Waals surface area (Å²) in [6.07, 6.45) is 0. The van der Waals surface area contributed by atoms with Crippen molar-refractivity contribution in [3.63, 3.8) is 0 Å². The fraction of sp³-hybridized carbons (Fsp3) is 0.375. The molecule has 0 radical (unpaired) electrons. The van der Waals surface area contributed by atoms with Gasteiger partial charge in [-0.3, -0.25) is 0 Å². The van der Waals surface area contributed by atoms with Gasteiger partial charge in [-0.2, -0.15) is 0 Å². The highest BCUT2D eigenvalue weighted by Crippen LogP contribution is 2.17. The zero-order chi connectivity index (χ0) is 13.1. The van der Waals surface area contributed by atoms with Crippen molar-refractivity contribution >= 4 is 0 Å². The molecule has 2 heteroatoms. The van der Waals surface area contributed by atoms with E-state index in [1.807, 2.05) is 19.1 Å². The van der Waals surface area contributed by atoms with Crippen LogP contribution in [0.4, 0.5) is 0 Å². The second-order valence-electron chi connectivity index (χ2n) is 4.98. The minimum Gasteiger partial charge on any atom is -0.465 e. The van der Waals surface area contributed by atoms with Gasteiger partial charge >= 0.3 is 0 Å². The van der Waals surface area contributed by atoms with Crippen LogP contribution in [0.25, 0.3) is 0 Å². The van der Waals surface area contributed by atoms with Gasteiger partial charge in [0.1, 0.15) is 11.5 Å². The molecule has 0 fully saturated rings. The van der Waals surface area contributed by atoms with Crippen molar-refractivity contribution in [1.29, 1.82) is 0 Å². The number of furan rings is 1. The largest absolute Gasteiger partial charge is 0.465 e. The van der Waals surface area contributed by atoms with Gasteiger partial charge in [0, 0.05) is 6.54 Å². The van der Waals surface area contributed by atoms with E-state index in [1.54, 1.807) is 0 Å². The summed E-state index contributed by atoms with van der Waals surface area (Å²) >= 11 is 0. The molecule has 0 aliphatic rings. The molecule has 0 amide bonds. The Morgan fingerprint density at radius 3 is 2.56 bits per heavy atom. The van der Waals surface area contributed by atoms with Crippen molar-refractivity contribution in [1.82, 2.24) is 5.32 Å². The Morgan fingerprint density at radius 1 is 1.11 bits per heavy atom. The zero-order valence-corrected chi connectivity index (χ0v) is 11.6. The number of aryl methyl sites for hydroxylation is 3. The summed E-state index contributed by atoms with van der Waals surface area (Å²) in [4.78, 5) is 0. The highest BCUT2D eigenvalue weighted by Gasteiger charge is 2.09. The lowest BCUT2D eigenvalue weighted by Crippen LogP contribution is -2.18. The van der Waals surface area contributed by atoms with Crippen LogP contribution in [-0.2, 0) is 6.54 Å². The van der Waals surface area contributed by atoms with E-state index >= 15 is 0 Å². The molecule has 18 heavy (non-hydrogen) atoms. The average Bonchev–Trinajstić information content (AvgIpc) is 2.77. The number of hydrogen-bond donors (Lipinski definition) is 1. The van der Waals surface area contributed by atoms with E-state index in [9.17, 15) is 0 Å². The molecule has 1 unspecified atom stereocenters. The summed E-state index contributed by atoms with van der Waals surface area (Å²) in [5.41, 5.74) is 3.99. The fourth-order valence-corrected chi connectivity index (χ4v) is 2.04. The third kappa shape index (κ3) is 3.02. The summed E-state index contributed by atoms with van der Waals surface area (Å²) in [5, 5.41) is 3.50. The molecule has 0 bridgehead atoms. The molecule has 2 nitrogen and oxygen atoms in total. The first-order valence-electron chi connectivity index (χ1n) is 6.42. The Bertz CT molecular complexity index is 528. The molecule has 1 atom stereocenters. The zero-order valence-electron chi connectivity index (χ0n) is 11.6. The topological polar surface area (TPSA) is 25.2 Å². The summed E-state index contributed by atoms with van der Waals surface area (Å²) in [5.74, 6) is 1.96. The van der Waals surface area contributed by atoms with E-state index < -0.39 is 0 Å². The van der Waals surface area contributed by atoms with Crippen LogP contribution < -0.4 is 5.32 Å². The van der Waals surface area contributed by atoms with Crippen LogP contribution in [0.3, 0.4) is 0 Å². The first-order valence-corrected chi connectivity index (χ1v) is 6.42. The molecular weight excluding hydrogens is 222 g/mol. The number of rotatable bonds is 4. The van der Waals surface area contributed by atoms with Crippen LogP contribution in [0.2, 0.25) is 0 Å². The Hall–Kier alpha value is -1.54. The third-order valence-corrected chi connectivity index (χ3v) is 3.29. The Labute approximate surface area is 109 Å². The van der Waals surface area contributed by atoms with Crippen molar-refractivity contribution in [2.75, 3.05) is 0 Å². The number of hydrogen-bond acceptors (Lipinski definition) is 2. The monoisotopic (exact) mass is 243 g/mol. The maximum atomic E-state index is 5.63. The van der Waals surface area contributed by atoms with Crippen molar-refractivity contribution < 1.29 is 4.42 Å². The molecule has 1 N–H and O–H groups in total. The lowest BCUT2D eigenvalue weighted by molar-refractivity contribution is 0.415. The van der Waals surface area contributed by atoms with Crippen molar-refractivity contribution in [3.8, 4) is 0 Å². The third-order valence-electron chi connectivity index (χ3n) is 3.29. The summed E-state index contributed by atoms with van der Waals surface area (Å²) in [6.45, 7) is 9.25. The van der Waals surface area contributed by atoms with Gasteiger partial charge in [0.15, 0.2) is 0 Å². The van der Waals surface area contributed by atoms with Gasteiger partial charge in [-0.25, -0.2) is 0 Å². The predicted octanol–water partition coefficient (Wildman–Crippen LogP) is 4.06. The molecular formula is C16H21NO. The highest BCUT2D eigenvalue weighted by atomic mass is 16.3. The van der Waals surface area contributed by atoms with Gasteiger partial charge in [0.05, 0.1) is 6.04 Å². The first kappa shape index (κ1) is 12.9. The van der Waals surface area contributed by atoms with Crippen LogP contribution in [-0.4, -0.2) is 0 Å². The molecule has 1 heterocycles. The van der Waals surface area contributed by atoms with E-state index in [2.05, 4.69) is 44.3 Å². The van der Waals surface area contributed by atoms with E-state index in [-0.39, 0.29) is 6.04 Å².